The first kappa shape index (κ1) is 15.4. The third kappa shape index (κ3) is 3.03. The van der Waals surface area contributed by atoms with Crippen LogP contribution in [0.15, 0.2) is 48.2 Å². The summed E-state index contributed by atoms with van der Waals surface area (Å²) in [6, 6.07) is 12.5. The molecule has 0 aromatic heterocycles. The molecule has 0 fully saturated rings. The van der Waals surface area contributed by atoms with Crippen molar-refractivity contribution in [3.8, 4) is 5.75 Å². The number of amides is 1. The van der Waals surface area contributed by atoms with Crippen LogP contribution < -0.4 is 15.4 Å². The number of rotatable bonds is 2. The highest BCUT2D eigenvalue weighted by atomic mass is 35.5. The minimum atomic E-state index is -0.187. The predicted octanol–water partition coefficient (Wildman–Crippen LogP) is 4.10. The first-order chi connectivity index (χ1) is 11.0. The number of hydrogen-bond acceptors (Lipinski definition) is 3. The van der Waals surface area contributed by atoms with Crippen molar-refractivity contribution in [1.82, 2.24) is 0 Å². The number of nitrogens with two attached hydrogens (primary N) is 1. The van der Waals surface area contributed by atoms with Crippen LogP contribution in [0.3, 0.4) is 0 Å². The third-order valence-corrected chi connectivity index (χ3v) is 3.83. The van der Waals surface area contributed by atoms with Crippen molar-refractivity contribution < 1.29 is 9.53 Å². The van der Waals surface area contributed by atoms with Gasteiger partial charge in [-0.3, -0.25) is 9.69 Å². The van der Waals surface area contributed by atoms with Gasteiger partial charge in [0, 0.05) is 16.8 Å². The van der Waals surface area contributed by atoms with E-state index in [9.17, 15) is 4.79 Å². The topological polar surface area (TPSA) is 55.6 Å². The Balaban J connectivity index is 2.06. The summed E-state index contributed by atoms with van der Waals surface area (Å²) in [6.07, 6.45) is 1.72. The number of halogens is 1. The lowest BCUT2D eigenvalue weighted by Gasteiger charge is -2.33. The Morgan fingerprint density at radius 2 is 1.87 bits per heavy atom. The molecule has 118 valence electrons. The largest absolute Gasteiger partial charge is 0.449 e. The quantitative estimate of drug-likeness (QED) is 0.667. The molecule has 5 heteroatoms. The second kappa shape index (κ2) is 5.97. The van der Waals surface area contributed by atoms with Gasteiger partial charge in [0.2, 0.25) is 0 Å². The zero-order valence-corrected chi connectivity index (χ0v) is 13.7. The second-order valence-corrected chi connectivity index (χ2v) is 6.09. The van der Waals surface area contributed by atoms with Gasteiger partial charge >= 0.3 is 0 Å². The number of nitrogen functional groups attached to an aromatic ring is 1. The SMILES string of the molecule is CC(C)N1C(=O)/C(=C\c2ccc(Cl)cc2)Oc2ccc(N)cc21. The first-order valence-corrected chi connectivity index (χ1v) is 7.71. The second-order valence-electron chi connectivity index (χ2n) is 5.66. The zero-order chi connectivity index (χ0) is 16.6. The fourth-order valence-electron chi connectivity index (χ4n) is 2.51. The fraction of sp³-hybridized carbons (Fsp3) is 0.167. The van der Waals surface area contributed by atoms with E-state index in [4.69, 9.17) is 22.1 Å². The number of hydrogen-bond donors (Lipinski definition) is 1. The van der Waals surface area contributed by atoms with E-state index in [0.29, 0.717) is 22.1 Å². The fourth-order valence-corrected chi connectivity index (χ4v) is 2.64. The molecule has 4 nitrogen and oxygen atoms in total. The minimum Gasteiger partial charge on any atom is -0.449 e. The lowest BCUT2D eigenvalue weighted by molar-refractivity contribution is -0.117. The lowest BCUT2D eigenvalue weighted by Crippen LogP contribution is -2.42. The van der Waals surface area contributed by atoms with E-state index in [2.05, 4.69) is 0 Å². The molecule has 0 saturated heterocycles. The molecular weight excluding hydrogens is 312 g/mol. The normalized spacial score (nSPS) is 15.7. The molecule has 0 bridgehead atoms. The van der Waals surface area contributed by atoms with Gasteiger partial charge in [0.05, 0.1) is 5.69 Å². The van der Waals surface area contributed by atoms with Crippen molar-refractivity contribution in [1.29, 1.82) is 0 Å². The molecule has 1 amide bonds. The highest BCUT2D eigenvalue weighted by Crippen LogP contribution is 2.38. The molecule has 1 aliphatic heterocycles. The summed E-state index contributed by atoms with van der Waals surface area (Å²) >= 11 is 5.89. The van der Waals surface area contributed by atoms with Crippen molar-refractivity contribution >= 4 is 35.0 Å². The van der Waals surface area contributed by atoms with Crippen LogP contribution in [-0.4, -0.2) is 11.9 Å². The number of anilines is 2. The molecule has 0 saturated carbocycles. The van der Waals surface area contributed by atoms with Crippen LogP contribution in [0, 0.1) is 0 Å². The highest BCUT2D eigenvalue weighted by molar-refractivity contribution is 6.30. The molecule has 1 heterocycles. The van der Waals surface area contributed by atoms with E-state index < -0.39 is 0 Å². The minimum absolute atomic E-state index is 0.0134. The maximum absolute atomic E-state index is 12.8. The molecule has 3 rings (SSSR count). The Bertz CT molecular complexity index is 782. The summed E-state index contributed by atoms with van der Waals surface area (Å²) in [5.74, 6) is 0.707. The highest BCUT2D eigenvalue weighted by Gasteiger charge is 2.32. The number of nitrogens with zero attached hydrogens (tertiary/aromatic N) is 1. The number of fused-ring (bicyclic) bond motifs is 1. The van der Waals surface area contributed by atoms with Crippen LogP contribution in [-0.2, 0) is 4.79 Å². The molecule has 0 atom stereocenters. The molecule has 1 aliphatic rings. The Morgan fingerprint density at radius 3 is 2.52 bits per heavy atom. The Labute approximate surface area is 140 Å². The monoisotopic (exact) mass is 328 g/mol. The summed E-state index contributed by atoms with van der Waals surface area (Å²) in [5.41, 5.74) is 7.98. The van der Waals surface area contributed by atoms with Gasteiger partial charge < -0.3 is 10.5 Å². The molecule has 2 N–H and O–H groups in total. The van der Waals surface area contributed by atoms with E-state index in [-0.39, 0.29) is 17.7 Å². The molecule has 0 aliphatic carbocycles. The van der Waals surface area contributed by atoms with E-state index in [1.165, 1.54) is 0 Å². The van der Waals surface area contributed by atoms with Crippen LogP contribution in [0.1, 0.15) is 19.4 Å². The van der Waals surface area contributed by atoms with Crippen LogP contribution in [0.5, 0.6) is 5.75 Å². The molecule has 0 radical (unpaired) electrons. The molecule has 23 heavy (non-hydrogen) atoms. The number of carbonyl (C=O) groups excluding carboxylic acids is 1. The molecular formula is C18H17ClN2O2. The summed E-state index contributed by atoms with van der Waals surface area (Å²) in [6.45, 7) is 3.91. The smallest absolute Gasteiger partial charge is 0.294 e. The summed E-state index contributed by atoms with van der Waals surface area (Å²) in [4.78, 5) is 14.5. The summed E-state index contributed by atoms with van der Waals surface area (Å²) in [5, 5.41) is 0.646. The Hall–Kier alpha value is -2.46. The summed E-state index contributed by atoms with van der Waals surface area (Å²) < 4.78 is 5.80. The van der Waals surface area contributed by atoms with E-state index in [1.54, 1.807) is 41.3 Å². The van der Waals surface area contributed by atoms with Crippen molar-refractivity contribution in [3.05, 3.63) is 58.8 Å². The van der Waals surface area contributed by atoms with Gasteiger partial charge in [-0.05, 0) is 55.8 Å². The van der Waals surface area contributed by atoms with Gasteiger partial charge in [-0.2, -0.15) is 0 Å². The summed E-state index contributed by atoms with van der Waals surface area (Å²) in [7, 11) is 0. The maximum atomic E-state index is 12.8. The number of carbonyl (C=O) groups is 1. The Morgan fingerprint density at radius 1 is 1.17 bits per heavy atom. The van der Waals surface area contributed by atoms with Gasteiger partial charge in [-0.25, -0.2) is 0 Å². The van der Waals surface area contributed by atoms with Gasteiger partial charge in [0.1, 0.15) is 0 Å². The molecule has 0 unspecified atom stereocenters. The lowest BCUT2D eigenvalue weighted by atomic mass is 10.1. The van der Waals surface area contributed by atoms with Crippen molar-refractivity contribution in [2.45, 2.75) is 19.9 Å². The third-order valence-electron chi connectivity index (χ3n) is 3.58. The van der Waals surface area contributed by atoms with E-state index in [0.717, 1.165) is 5.56 Å². The van der Waals surface area contributed by atoms with Crippen molar-refractivity contribution in [3.63, 3.8) is 0 Å². The van der Waals surface area contributed by atoms with Gasteiger partial charge in [-0.1, -0.05) is 23.7 Å². The standard InChI is InChI=1S/C18H17ClN2O2/c1-11(2)21-15-10-14(20)7-8-16(15)23-17(18(21)22)9-12-3-5-13(19)6-4-12/h3-11H,20H2,1-2H3/b17-9+. The van der Waals surface area contributed by atoms with Crippen LogP contribution in [0.25, 0.3) is 6.08 Å². The van der Waals surface area contributed by atoms with Gasteiger partial charge in [0.25, 0.3) is 5.91 Å². The Kier molecular flexibility index (Phi) is 4.01. The van der Waals surface area contributed by atoms with Crippen LogP contribution in [0.2, 0.25) is 5.02 Å². The van der Waals surface area contributed by atoms with Crippen molar-refractivity contribution in [2.24, 2.45) is 0 Å². The molecule has 2 aromatic rings. The zero-order valence-electron chi connectivity index (χ0n) is 12.9. The average Bonchev–Trinajstić information content (AvgIpc) is 2.50. The van der Waals surface area contributed by atoms with E-state index >= 15 is 0 Å². The van der Waals surface area contributed by atoms with Crippen molar-refractivity contribution in [2.75, 3.05) is 10.6 Å². The van der Waals surface area contributed by atoms with Crippen LogP contribution >= 0.6 is 11.6 Å². The molecule has 0 spiro atoms. The van der Waals surface area contributed by atoms with Crippen LogP contribution in [0.4, 0.5) is 11.4 Å². The maximum Gasteiger partial charge on any atom is 0.294 e. The van der Waals surface area contributed by atoms with E-state index in [1.807, 2.05) is 26.0 Å². The number of ether oxygens (including phenoxy) is 1. The first-order valence-electron chi connectivity index (χ1n) is 7.34. The predicted molar refractivity (Wildman–Crippen MR) is 93.5 cm³/mol. The molecule has 2 aromatic carbocycles. The van der Waals surface area contributed by atoms with Gasteiger partial charge in [-0.15, -0.1) is 0 Å². The average molecular weight is 329 g/mol. The van der Waals surface area contributed by atoms with Gasteiger partial charge in [0.15, 0.2) is 11.5 Å². The number of benzene rings is 2.